The average molecular weight is 230 g/mol. The molecule has 1 heterocycles. The molecule has 0 aromatic heterocycles. The van der Waals surface area contributed by atoms with Crippen LogP contribution in [0.1, 0.15) is 12.5 Å². The Hall–Kier alpha value is -1.72. The third-order valence-corrected chi connectivity index (χ3v) is 2.38. The van der Waals surface area contributed by atoms with E-state index < -0.39 is 17.8 Å². The molecular weight excluding hydrogens is 221 g/mol. The maximum absolute atomic E-state index is 12.6. The minimum Gasteiger partial charge on any atom is -0.372 e. The van der Waals surface area contributed by atoms with Gasteiger partial charge in [0.2, 0.25) is 5.91 Å². The summed E-state index contributed by atoms with van der Waals surface area (Å²) in [4.78, 5) is 11.3. The van der Waals surface area contributed by atoms with Crippen LogP contribution in [0.5, 0.6) is 0 Å². The lowest BCUT2D eigenvalue weighted by Crippen LogP contribution is -2.37. The zero-order valence-corrected chi connectivity index (χ0v) is 8.35. The minimum atomic E-state index is -4.43. The number of benzene rings is 1. The van der Waals surface area contributed by atoms with Gasteiger partial charge in [-0.1, -0.05) is 6.07 Å². The molecule has 1 unspecified atom stereocenters. The van der Waals surface area contributed by atoms with Crippen molar-refractivity contribution in [3.63, 3.8) is 0 Å². The molecule has 0 saturated heterocycles. The predicted molar refractivity (Wildman–Crippen MR) is 53.2 cm³/mol. The molecule has 0 aliphatic carbocycles. The summed E-state index contributed by atoms with van der Waals surface area (Å²) in [7, 11) is 0. The summed E-state index contributed by atoms with van der Waals surface area (Å²) < 4.78 is 37.9. The van der Waals surface area contributed by atoms with Gasteiger partial charge in [0.1, 0.15) is 6.04 Å². The molecule has 1 amide bonds. The normalized spacial score (nSPS) is 19.8. The highest BCUT2D eigenvalue weighted by atomic mass is 19.4. The number of rotatable bonds is 0. The smallest absolute Gasteiger partial charge is 0.372 e. The van der Waals surface area contributed by atoms with Gasteiger partial charge >= 0.3 is 6.18 Å². The van der Waals surface area contributed by atoms with E-state index in [1.54, 1.807) is 0 Å². The first-order chi connectivity index (χ1) is 7.39. The fourth-order valence-corrected chi connectivity index (χ4v) is 1.57. The number of nitrogens with one attached hydrogen (secondary N) is 2. The second-order valence-corrected chi connectivity index (χ2v) is 3.58. The molecule has 1 aromatic carbocycles. The van der Waals surface area contributed by atoms with E-state index in [4.69, 9.17) is 0 Å². The van der Waals surface area contributed by atoms with Crippen molar-refractivity contribution >= 4 is 17.3 Å². The van der Waals surface area contributed by atoms with E-state index in [2.05, 4.69) is 10.6 Å². The zero-order valence-electron chi connectivity index (χ0n) is 8.35. The molecule has 6 heteroatoms. The molecule has 16 heavy (non-hydrogen) atoms. The second-order valence-electron chi connectivity index (χ2n) is 3.58. The van der Waals surface area contributed by atoms with E-state index in [1.807, 2.05) is 0 Å². The van der Waals surface area contributed by atoms with E-state index >= 15 is 0 Å². The number of para-hydroxylation sites is 1. The third kappa shape index (κ3) is 1.70. The van der Waals surface area contributed by atoms with Gasteiger partial charge in [-0.3, -0.25) is 4.79 Å². The van der Waals surface area contributed by atoms with Gasteiger partial charge in [-0.05, 0) is 19.1 Å². The summed E-state index contributed by atoms with van der Waals surface area (Å²) in [6.07, 6.45) is -4.43. The Kier molecular flexibility index (Phi) is 2.29. The molecule has 3 nitrogen and oxygen atoms in total. The van der Waals surface area contributed by atoms with Crippen molar-refractivity contribution in [3.05, 3.63) is 23.8 Å². The summed E-state index contributed by atoms with van der Waals surface area (Å²) in [6.45, 7) is 1.51. The van der Waals surface area contributed by atoms with Crippen LogP contribution < -0.4 is 10.6 Å². The Morgan fingerprint density at radius 2 is 2.00 bits per heavy atom. The number of anilines is 2. The van der Waals surface area contributed by atoms with Crippen LogP contribution in [0.15, 0.2) is 18.2 Å². The van der Waals surface area contributed by atoms with E-state index in [0.717, 1.165) is 6.07 Å². The van der Waals surface area contributed by atoms with Crippen LogP contribution in [0.4, 0.5) is 24.5 Å². The van der Waals surface area contributed by atoms with Crippen molar-refractivity contribution in [2.45, 2.75) is 19.1 Å². The lowest BCUT2D eigenvalue weighted by Gasteiger charge is -2.26. The summed E-state index contributed by atoms with van der Waals surface area (Å²) in [5.41, 5.74) is -0.670. The highest BCUT2D eigenvalue weighted by Crippen LogP contribution is 2.40. The second kappa shape index (κ2) is 3.40. The molecule has 1 aromatic rings. The number of carbonyl (C=O) groups excluding carboxylic acids is 1. The summed E-state index contributed by atoms with van der Waals surface area (Å²) in [5.74, 6) is -0.341. The highest BCUT2D eigenvalue weighted by Gasteiger charge is 2.36. The molecule has 2 rings (SSSR count). The SMILES string of the molecule is CC1Nc2c(cccc2C(F)(F)F)NC1=O. The van der Waals surface area contributed by atoms with Crippen LogP contribution in [-0.2, 0) is 11.0 Å². The van der Waals surface area contributed by atoms with Gasteiger partial charge in [0.25, 0.3) is 0 Å². The summed E-state index contributed by atoms with van der Waals surface area (Å²) in [6, 6.07) is 3.01. The van der Waals surface area contributed by atoms with Gasteiger partial charge in [-0.15, -0.1) is 0 Å². The van der Waals surface area contributed by atoms with Crippen LogP contribution in [0, 0.1) is 0 Å². The number of carbonyl (C=O) groups is 1. The van der Waals surface area contributed by atoms with Gasteiger partial charge in [0.15, 0.2) is 0 Å². The van der Waals surface area contributed by atoms with Crippen molar-refractivity contribution in [2.24, 2.45) is 0 Å². The maximum atomic E-state index is 12.6. The molecule has 0 spiro atoms. The van der Waals surface area contributed by atoms with E-state index in [9.17, 15) is 18.0 Å². The average Bonchev–Trinajstić information content (AvgIpc) is 2.17. The summed E-state index contributed by atoms with van der Waals surface area (Å²) in [5, 5.41) is 4.97. The Labute approximate surface area is 89.6 Å². The molecule has 1 atom stereocenters. The van der Waals surface area contributed by atoms with Crippen LogP contribution in [0.3, 0.4) is 0 Å². The maximum Gasteiger partial charge on any atom is 0.418 e. The number of halogens is 3. The summed E-state index contributed by atoms with van der Waals surface area (Å²) >= 11 is 0. The van der Waals surface area contributed by atoms with Crippen molar-refractivity contribution < 1.29 is 18.0 Å². The first-order valence-corrected chi connectivity index (χ1v) is 4.67. The molecule has 0 fully saturated rings. The van der Waals surface area contributed by atoms with E-state index in [0.29, 0.717) is 0 Å². The first kappa shape index (κ1) is 10.8. The number of alkyl halides is 3. The monoisotopic (exact) mass is 230 g/mol. The quantitative estimate of drug-likeness (QED) is 0.718. The molecular formula is C10H9F3N2O. The van der Waals surface area contributed by atoms with Gasteiger partial charge in [-0.25, -0.2) is 0 Å². The van der Waals surface area contributed by atoms with Crippen LogP contribution in [0.25, 0.3) is 0 Å². The first-order valence-electron chi connectivity index (χ1n) is 4.67. The van der Waals surface area contributed by atoms with Crippen molar-refractivity contribution in [1.82, 2.24) is 0 Å². The van der Waals surface area contributed by atoms with Gasteiger partial charge < -0.3 is 10.6 Å². The third-order valence-electron chi connectivity index (χ3n) is 2.38. The Balaban J connectivity index is 2.53. The molecule has 0 saturated carbocycles. The number of amides is 1. The fourth-order valence-electron chi connectivity index (χ4n) is 1.57. The Bertz CT molecular complexity index is 442. The van der Waals surface area contributed by atoms with Crippen LogP contribution in [-0.4, -0.2) is 11.9 Å². The number of fused-ring (bicyclic) bond motifs is 1. The largest absolute Gasteiger partial charge is 0.418 e. The van der Waals surface area contributed by atoms with E-state index in [-0.39, 0.29) is 17.3 Å². The molecule has 1 aliphatic rings. The molecule has 1 aliphatic heterocycles. The number of hydrogen-bond donors (Lipinski definition) is 2. The lowest BCUT2D eigenvalue weighted by molar-refractivity contribution is -0.137. The van der Waals surface area contributed by atoms with Crippen LogP contribution >= 0.6 is 0 Å². The van der Waals surface area contributed by atoms with Crippen molar-refractivity contribution in [2.75, 3.05) is 10.6 Å². The molecule has 86 valence electrons. The predicted octanol–water partition coefficient (Wildman–Crippen LogP) is 2.46. The van der Waals surface area contributed by atoms with Crippen molar-refractivity contribution in [1.29, 1.82) is 0 Å². The standard InChI is InChI=1S/C10H9F3N2O/c1-5-9(16)15-7-4-2-3-6(8(7)14-5)10(11,12)13/h2-5,14H,1H3,(H,15,16). The highest BCUT2D eigenvalue weighted by molar-refractivity contribution is 6.03. The lowest BCUT2D eigenvalue weighted by atomic mass is 10.1. The van der Waals surface area contributed by atoms with Gasteiger partial charge in [-0.2, -0.15) is 13.2 Å². The van der Waals surface area contributed by atoms with Crippen molar-refractivity contribution in [3.8, 4) is 0 Å². The van der Waals surface area contributed by atoms with E-state index in [1.165, 1.54) is 19.1 Å². The van der Waals surface area contributed by atoms with Crippen LogP contribution in [0.2, 0.25) is 0 Å². The Morgan fingerprint density at radius 3 is 2.62 bits per heavy atom. The van der Waals surface area contributed by atoms with Gasteiger partial charge in [0.05, 0.1) is 16.9 Å². The fraction of sp³-hybridized carbons (Fsp3) is 0.300. The number of hydrogen-bond acceptors (Lipinski definition) is 2. The Morgan fingerprint density at radius 1 is 1.31 bits per heavy atom. The zero-order chi connectivity index (χ0) is 11.9. The topological polar surface area (TPSA) is 41.1 Å². The molecule has 0 radical (unpaired) electrons. The van der Waals surface area contributed by atoms with Gasteiger partial charge in [0, 0.05) is 0 Å². The minimum absolute atomic E-state index is 0.0675. The molecule has 0 bridgehead atoms. The molecule has 2 N–H and O–H groups in total.